The molecule has 0 heterocycles. The molecule has 2 bridgehead atoms. The summed E-state index contributed by atoms with van der Waals surface area (Å²) in [4.78, 5) is 13.3. The van der Waals surface area contributed by atoms with E-state index in [1.54, 1.807) is 0 Å². The first-order valence-electron chi connectivity index (χ1n) is 12.9. The summed E-state index contributed by atoms with van der Waals surface area (Å²) >= 11 is 0. The van der Waals surface area contributed by atoms with Gasteiger partial charge in [0.05, 0.1) is 23.0 Å². The molecular formula is C27H34O8S2. The maximum Gasteiger partial charge on any atom is 0.265 e. The number of rotatable bonds is 7. The number of hydrogen-bond acceptors (Lipinski definition) is 6. The van der Waals surface area contributed by atoms with E-state index in [1.807, 2.05) is 51.1 Å². The molecule has 0 aliphatic heterocycles. The van der Waals surface area contributed by atoms with E-state index >= 15 is 0 Å². The number of aliphatic hydroxyl groups excluding tert-OH is 1. The highest BCUT2D eigenvalue weighted by Gasteiger charge is 2.97. The summed E-state index contributed by atoms with van der Waals surface area (Å²) in [6.07, 6.45) is 4.09. The Morgan fingerprint density at radius 2 is 1.57 bits per heavy atom. The second-order valence-corrected chi connectivity index (χ2v) is 16.0. The van der Waals surface area contributed by atoms with Gasteiger partial charge in [0, 0.05) is 10.8 Å². The number of hydrogen-bond donors (Lipinski definition) is 3. The molecule has 1 aromatic carbocycles. The second-order valence-electron chi connectivity index (χ2n) is 13.1. The topological polar surface area (TPSA) is 146 Å². The zero-order chi connectivity index (χ0) is 27.0. The maximum atomic E-state index is 13.3. The van der Waals surface area contributed by atoms with Crippen molar-refractivity contribution in [2.24, 2.45) is 38.9 Å². The van der Waals surface area contributed by atoms with Gasteiger partial charge in [-0.3, -0.25) is 13.9 Å². The molecule has 37 heavy (non-hydrogen) atoms. The summed E-state index contributed by atoms with van der Waals surface area (Å²) in [5, 5.41) is 11.2. The van der Waals surface area contributed by atoms with Crippen molar-refractivity contribution in [2.45, 2.75) is 59.0 Å². The van der Waals surface area contributed by atoms with Crippen LogP contribution in [0.5, 0.6) is 0 Å². The molecule has 3 N–H and O–H groups in total. The predicted octanol–water partition coefficient (Wildman–Crippen LogP) is 3.17. The molecule has 5 fully saturated rings. The van der Waals surface area contributed by atoms with E-state index < -0.39 is 64.9 Å². The van der Waals surface area contributed by atoms with Gasteiger partial charge in [-0.05, 0) is 71.5 Å². The fourth-order valence-corrected chi connectivity index (χ4v) is 12.5. The molecule has 7 atom stereocenters. The molecule has 1 aromatic rings. The average Bonchev–Trinajstić information content (AvgIpc) is 2.89. The molecule has 8 nitrogen and oxygen atoms in total. The first kappa shape index (κ1) is 25.7. The Morgan fingerprint density at radius 1 is 0.946 bits per heavy atom. The molecule has 0 amide bonds. The van der Waals surface area contributed by atoms with Gasteiger partial charge in [0.15, 0.2) is 0 Å². The Balaban J connectivity index is 1.24. The highest BCUT2D eigenvalue weighted by molar-refractivity contribution is 7.86. The van der Waals surface area contributed by atoms with E-state index in [0.717, 1.165) is 29.5 Å². The smallest absolute Gasteiger partial charge is 0.265 e. The number of benzene rings is 1. The molecule has 0 aromatic heterocycles. The number of carbonyl (C=O) groups is 1. The van der Waals surface area contributed by atoms with Gasteiger partial charge in [-0.25, -0.2) is 0 Å². The maximum absolute atomic E-state index is 13.3. The first-order valence-corrected chi connectivity index (χ1v) is 16.1. The monoisotopic (exact) mass is 550 g/mol. The van der Waals surface area contributed by atoms with Gasteiger partial charge in [-0.15, -0.1) is 0 Å². The summed E-state index contributed by atoms with van der Waals surface area (Å²) in [5.74, 6) is -0.827. The number of carbonyl (C=O) groups excluding carboxylic acids is 1. The van der Waals surface area contributed by atoms with Crippen LogP contribution in [0.4, 0.5) is 0 Å². The van der Waals surface area contributed by atoms with E-state index in [1.165, 1.54) is 0 Å². The summed E-state index contributed by atoms with van der Waals surface area (Å²) in [6, 6.07) is 7.75. The normalized spacial score (nSPS) is 44.2. The lowest BCUT2D eigenvalue weighted by molar-refractivity contribution is -0.154. The minimum atomic E-state index is -4.26. The van der Waals surface area contributed by atoms with Gasteiger partial charge < -0.3 is 5.11 Å². The van der Waals surface area contributed by atoms with Gasteiger partial charge in [0.2, 0.25) is 0 Å². The molecule has 10 heteroatoms. The van der Waals surface area contributed by atoms with E-state index in [4.69, 9.17) is 0 Å². The Labute approximate surface area is 218 Å². The highest BCUT2D eigenvalue weighted by Crippen LogP contribution is 2.93. The van der Waals surface area contributed by atoms with Crippen molar-refractivity contribution in [3.05, 3.63) is 41.0 Å². The van der Waals surface area contributed by atoms with Crippen LogP contribution in [0.15, 0.2) is 29.8 Å². The van der Waals surface area contributed by atoms with Crippen LogP contribution in [0.25, 0.3) is 6.08 Å². The summed E-state index contributed by atoms with van der Waals surface area (Å²) < 4.78 is 65.9. The first-order chi connectivity index (χ1) is 17.0. The lowest BCUT2D eigenvalue weighted by Crippen LogP contribution is -2.60. The van der Waals surface area contributed by atoms with Crippen LogP contribution in [-0.4, -0.2) is 54.4 Å². The summed E-state index contributed by atoms with van der Waals surface area (Å²) in [5.41, 5.74) is -0.680. The van der Waals surface area contributed by atoms with Crippen LogP contribution in [0.1, 0.15) is 57.6 Å². The van der Waals surface area contributed by atoms with Crippen molar-refractivity contribution in [1.82, 2.24) is 0 Å². The molecule has 7 unspecified atom stereocenters. The zero-order valence-electron chi connectivity index (χ0n) is 21.3. The molecule has 5 aliphatic carbocycles. The molecule has 202 valence electrons. The SMILES string of the molecule is CC1(C)C2CCC1(CS(=O)(=O)O)C(O)/C2=C/c1ccc(CC23C(=O)C4(CS(=O)(=O)O)CCC2C43C)cc1. The van der Waals surface area contributed by atoms with Crippen LogP contribution in [-0.2, 0) is 31.5 Å². The Morgan fingerprint density at radius 3 is 2.14 bits per heavy atom. The van der Waals surface area contributed by atoms with Gasteiger partial charge in [0.25, 0.3) is 20.2 Å². The Hall–Kier alpha value is -1.59. The largest absolute Gasteiger partial charge is 0.388 e. The van der Waals surface area contributed by atoms with Gasteiger partial charge in [-0.2, -0.15) is 16.8 Å². The van der Waals surface area contributed by atoms with E-state index in [9.17, 15) is 35.8 Å². The quantitative estimate of drug-likeness (QED) is 0.439. The highest BCUT2D eigenvalue weighted by atomic mass is 32.2. The lowest BCUT2D eigenvalue weighted by Gasteiger charge is -2.51. The Bertz CT molecular complexity index is 1460. The zero-order valence-corrected chi connectivity index (χ0v) is 22.9. The Kier molecular flexibility index (Phi) is 4.95. The molecule has 5 saturated carbocycles. The molecule has 0 radical (unpaired) electrons. The third-order valence-corrected chi connectivity index (χ3v) is 13.5. The predicted molar refractivity (Wildman–Crippen MR) is 137 cm³/mol. The van der Waals surface area contributed by atoms with Gasteiger partial charge in [-0.1, -0.05) is 51.1 Å². The lowest BCUT2D eigenvalue weighted by atomic mass is 9.51. The van der Waals surface area contributed by atoms with Crippen LogP contribution in [0, 0.1) is 38.9 Å². The van der Waals surface area contributed by atoms with Crippen LogP contribution >= 0.6 is 0 Å². The van der Waals surface area contributed by atoms with Crippen LogP contribution in [0.2, 0.25) is 0 Å². The summed E-state index contributed by atoms with van der Waals surface area (Å²) in [6.45, 7) is 5.93. The second kappa shape index (κ2) is 7.13. The number of fused-ring (bicyclic) bond motifs is 3. The molecule has 5 aliphatic rings. The minimum Gasteiger partial charge on any atom is -0.388 e. The van der Waals surface area contributed by atoms with E-state index in [2.05, 4.69) is 0 Å². The number of ketones is 1. The summed E-state index contributed by atoms with van der Waals surface area (Å²) in [7, 11) is -8.51. The van der Waals surface area contributed by atoms with Crippen LogP contribution in [0.3, 0.4) is 0 Å². The minimum absolute atomic E-state index is 0.0112. The molecular weight excluding hydrogens is 516 g/mol. The molecule has 6 rings (SSSR count). The van der Waals surface area contributed by atoms with Gasteiger partial charge in [0.1, 0.15) is 5.78 Å². The van der Waals surface area contributed by atoms with Crippen molar-refractivity contribution in [2.75, 3.05) is 11.5 Å². The standard InChI is InChI=1S/C27H34O8S2/c1-23(2)19-8-10-25(23,14-36(30,31)32)21(28)18(19)12-16-4-6-17(7-5-16)13-27-20-9-11-26(22(27)29,24(20,27)3)15-37(33,34)35/h4-7,12,19-21,28H,8-11,13-15H2,1-3H3,(H,30,31,32)(H,33,34,35)/b18-12+. The molecule has 0 spiro atoms. The number of Topliss-reactive ketones (excluding diaryl/α,β-unsaturated/α-hetero) is 1. The van der Waals surface area contributed by atoms with Crippen molar-refractivity contribution < 1.29 is 35.8 Å². The molecule has 0 saturated heterocycles. The van der Waals surface area contributed by atoms with Gasteiger partial charge >= 0.3 is 0 Å². The fourth-order valence-electron chi connectivity index (χ4n) is 9.93. The third kappa shape index (κ3) is 2.97. The number of aliphatic hydroxyl groups is 1. The van der Waals surface area contributed by atoms with Crippen molar-refractivity contribution >= 4 is 32.1 Å². The van der Waals surface area contributed by atoms with Crippen molar-refractivity contribution in [3.63, 3.8) is 0 Å². The average molecular weight is 551 g/mol. The van der Waals surface area contributed by atoms with E-state index in [0.29, 0.717) is 19.3 Å². The van der Waals surface area contributed by atoms with E-state index in [-0.39, 0.29) is 17.6 Å². The van der Waals surface area contributed by atoms with Crippen molar-refractivity contribution in [3.8, 4) is 0 Å². The van der Waals surface area contributed by atoms with Crippen molar-refractivity contribution in [1.29, 1.82) is 0 Å². The fraction of sp³-hybridized carbons (Fsp3) is 0.667. The third-order valence-electron chi connectivity index (χ3n) is 11.8. The van der Waals surface area contributed by atoms with Crippen LogP contribution < -0.4 is 0 Å².